The number of nitrogens with one attached hydrogen (secondary N) is 1. The third-order valence-corrected chi connectivity index (χ3v) is 2.45. The molecule has 0 aromatic heterocycles. The van der Waals surface area contributed by atoms with Crippen LogP contribution in [0.15, 0.2) is 18.2 Å². The minimum absolute atomic E-state index is 0. The maximum atomic E-state index is 5.32. The molecule has 0 radical (unpaired) electrons. The van der Waals surface area contributed by atoms with Crippen LogP contribution in [-0.2, 0) is 6.42 Å². The lowest BCUT2D eigenvalue weighted by Crippen LogP contribution is -2.23. The monoisotopic (exact) mass is 229 g/mol. The summed E-state index contributed by atoms with van der Waals surface area (Å²) in [4.78, 5) is 0. The summed E-state index contributed by atoms with van der Waals surface area (Å²) >= 11 is 0. The zero-order chi connectivity index (χ0) is 10.6. The Labute approximate surface area is 98.4 Å². The Bertz CT molecular complexity index is 302. The van der Waals surface area contributed by atoms with E-state index < -0.39 is 0 Å². The number of methoxy groups -OCH3 is 1. The number of hydrogen-bond acceptors (Lipinski definition) is 2. The van der Waals surface area contributed by atoms with Crippen molar-refractivity contribution in [3.8, 4) is 5.75 Å². The predicted molar refractivity (Wildman–Crippen MR) is 67.2 cm³/mol. The average Bonchev–Trinajstić information content (AvgIpc) is 2.18. The van der Waals surface area contributed by atoms with Gasteiger partial charge < -0.3 is 10.1 Å². The number of likely N-dealkylation sites (N-methyl/N-ethyl adjacent to an activating group) is 1. The standard InChI is InChI=1S/C12H19NO.ClH/c1-9-5-6-12(14-4)11(7-9)8-10(2)13-3;/h5-7,10,13H,8H2,1-4H3;1H. The summed E-state index contributed by atoms with van der Waals surface area (Å²) in [5.74, 6) is 0.984. The van der Waals surface area contributed by atoms with Crippen LogP contribution in [0, 0.1) is 6.92 Å². The van der Waals surface area contributed by atoms with Crippen molar-refractivity contribution in [2.24, 2.45) is 0 Å². The van der Waals surface area contributed by atoms with Crippen LogP contribution in [0.3, 0.4) is 0 Å². The molecule has 0 amide bonds. The second-order valence-corrected chi connectivity index (χ2v) is 3.71. The Morgan fingerprint density at radius 2 is 2.07 bits per heavy atom. The quantitative estimate of drug-likeness (QED) is 0.857. The highest BCUT2D eigenvalue weighted by Crippen LogP contribution is 2.20. The fourth-order valence-corrected chi connectivity index (χ4v) is 1.50. The average molecular weight is 230 g/mol. The molecule has 1 aromatic carbocycles. The number of hydrogen-bond donors (Lipinski definition) is 1. The molecule has 0 aliphatic carbocycles. The van der Waals surface area contributed by atoms with Crippen molar-refractivity contribution in [1.29, 1.82) is 0 Å². The van der Waals surface area contributed by atoms with Gasteiger partial charge in [0.2, 0.25) is 0 Å². The van der Waals surface area contributed by atoms with Crippen LogP contribution >= 0.6 is 12.4 Å². The van der Waals surface area contributed by atoms with E-state index in [1.807, 2.05) is 13.1 Å². The highest BCUT2D eigenvalue weighted by Gasteiger charge is 2.06. The largest absolute Gasteiger partial charge is 0.496 e. The molecular formula is C12H20ClNO. The number of aryl methyl sites for hydroxylation is 1. The predicted octanol–water partition coefficient (Wildman–Crippen LogP) is 2.58. The Hall–Kier alpha value is -0.730. The van der Waals surface area contributed by atoms with Gasteiger partial charge in [0.1, 0.15) is 5.75 Å². The first-order valence-corrected chi connectivity index (χ1v) is 4.98. The van der Waals surface area contributed by atoms with Crippen LogP contribution in [0.5, 0.6) is 5.75 Å². The minimum Gasteiger partial charge on any atom is -0.496 e. The lowest BCUT2D eigenvalue weighted by Gasteiger charge is -2.13. The molecular weight excluding hydrogens is 210 g/mol. The van der Waals surface area contributed by atoms with E-state index in [9.17, 15) is 0 Å². The molecule has 1 N–H and O–H groups in total. The second-order valence-electron chi connectivity index (χ2n) is 3.71. The maximum Gasteiger partial charge on any atom is 0.122 e. The molecule has 1 rings (SSSR count). The molecule has 0 spiro atoms. The first-order chi connectivity index (χ1) is 6.67. The van der Waals surface area contributed by atoms with Crippen LogP contribution in [0.4, 0.5) is 0 Å². The Morgan fingerprint density at radius 3 is 2.60 bits per heavy atom. The Balaban J connectivity index is 0.00000196. The van der Waals surface area contributed by atoms with Gasteiger partial charge in [0.15, 0.2) is 0 Å². The normalized spacial score (nSPS) is 11.7. The highest BCUT2D eigenvalue weighted by molar-refractivity contribution is 5.85. The van der Waals surface area contributed by atoms with Gasteiger partial charge in [-0.15, -0.1) is 12.4 Å². The minimum atomic E-state index is 0. The molecule has 0 heterocycles. The fourth-order valence-electron chi connectivity index (χ4n) is 1.50. The van der Waals surface area contributed by atoms with Gasteiger partial charge in [0, 0.05) is 6.04 Å². The van der Waals surface area contributed by atoms with E-state index in [0.717, 1.165) is 12.2 Å². The van der Waals surface area contributed by atoms with Crippen LogP contribution in [0.1, 0.15) is 18.1 Å². The summed E-state index contributed by atoms with van der Waals surface area (Å²) in [6, 6.07) is 6.78. The second kappa shape index (κ2) is 6.70. The Morgan fingerprint density at radius 1 is 1.40 bits per heavy atom. The van der Waals surface area contributed by atoms with Crippen molar-refractivity contribution < 1.29 is 4.74 Å². The van der Waals surface area contributed by atoms with Gasteiger partial charge in [-0.25, -0.2) is 0 Å². The number of halogens is 1. The molecule has 2 nitrogen and oxygen atoms in total. The first kappa shape index (κ1) is 14.3. The topological polar surface area (TPSA) is 21.3 Å². The molecule has 0 aliphatic heterocycles. The van der Waals surface area contributed by atoms with E-state index in [1.165, 1.54) is 11.1 Å². The van der Waals surface area contributed by atoms with Crippen molar-refractivity contribution in [2.45, 2.75) is 26.3 Å². The van der Waals surface area contributed by atoms with E-state index in [4.69, 9.17) is 4.74 Å². The van der Waals surface area contributed by atoms with Crippen molar-refractivity contribution in [3.05, 3.63) is 29.3 Å². The van der Waals surface area contributed by atoms with Crippen LogP contribution in [0.25, 0.3) is 0 Å². The molecule has 1 aromatic rings. The van der Waals surface area contributed by atoms with E-state index >= 15 is 0 Å². The molecule has 0 saturated carbocycles. The number of rotatable bonds is 4. The summed E-state index contributed by atoms with van der Waals surface area (Å²) in [5.41, 5.74) is 2.55. The molecule has 0 saturated heterocycles. The molecule has 86 valence electrons. The summed E-state index contributed by atoms with van der Waals surface area (Å²) < 4.78 is 5.32. The SMILES string of the molecule is CNC(C)Cc1cc(C)ccc1OC.Cl. The fraction of sp³-hybridized carbons (Fsp3) is 0.500. The van der Waals surface area contributed by atoms with Gasteiger partial charge in [0.05, 0.1) is 7.11 Å². The van der Waals surface area contributed by atoms with Crippen molar-refractivity contribution in [2.75, 3.05) is 14.2 Å². The summed E-state index contributed by atoms with van der Waals surface area (Å²) in [5, 5.41) is 3.23. The van der Waals surface area contributed by atoms with Gasteiger partial charge in [-0.1, -0.05) is 17.7 Å². The van der Waals surface area contributed by atoms with Crippen molar-refractivity contribution in [3.63, 3.8) is 0 Å². The molecule has 0 bridgehead atoms. The van der Waals surface area contributed by atoms with Crippen LogP contribution in [0.2, 0.25) is 0 Å². The Kier molecular flexibility index (Phi) is 6.37. The van der Waals surface area contributed by atoms with Crippen molar-refractivity contribution in [1.82, 2.24) is 5.32 Å². The molecule has 3 heteroatoms. The van der Waals surface area contributed by atoms with Gasteiger partial charge in [-0.05, 0) is 38.9 Å². The summed E-state index contributed by atoms with van der Waals surface area (Å²) in [6.45, 7) is 4.27. The van der Waals surface area contributed by atoms with E-state index in [2.05, 4.69) is 31.3 Å². The highest BCUT2D eigenvalue weighted by atomic mass is 35.5. The van der Waals surface area contributed by atoms with E-state index in [1.54, 1.807) is 7.11 Å². The zero-order valence-electron chi connectivity index (χ0n) is 9.83. The molecule has 0 aliphatic rings. The molecule has 0 fully saturated rings. The third kappa shape index (κ3) is 4.10. The zero-order valence-corrected chi connectivity index (χ0v) is 10.6. The van der Waals surface area contributed by atoms with Crippen LogP contribution in [-0.4, -0.2) is 20.2 Å². The van der Waals surface area contributed by atoms with E-state index in [0.29, 0.717) is 6.04 Å². The lowest BCUT2D eigenvalue weighted by molar-refractivity contribution is 0.407. The maximum absolute atomic E-state index is 5.32. The molecule has 1 atom stereocenters. The lowest BCUT2D eigenvalue weighted by atomic mass is 10.0. The third-order valence-electron chi connectivity index (χ3n) is 2.45. The number of ether oxygens (including phenoxy) is 1. The summed E-state index contributed by atoms with van der Waals surface area (Å²) in [7, 11) is 3.70. The smallest absolute Gasteiger partial charge is 0.122 e. The number of benzene rings is 1. The van der Waals surface area contributed by atoms with Crippen LogP contribution < -0.4 is 10.1 Å². The molecule has 15 heavy (non-hydrogen) atoms. The molecule has 1 unspecified atom stereocenters. The van der Waals surface area contributed by atoms with Crippen molar-refractivity contribution >= 4 is 12.4 Å². The van der Waals surface area contributed by atoms with Gasteiger partial charge in [-0.2, -0.15) is 0 Å². The van der Waals surface area contributed by atoms with E-state index in [-0.39, 0.29) is 12.4 Å². The summed E-state index contributed by atoms with van der Waals surface area (Å²) in [6.07, 6.45) is 1.00. The first-order valence-electron chi connectivity index (χ1n) is 4.98. The van der Waals surface area contributed by atoms with Gasteiger partial charge in [-0.3, -0.25) is 0 Å². The van der Waals surface area contributed by atoms with Gasteiger partial charge in [0.25, 0.3) is 0 Å². The van der Waals surface area contributed by atoms with Gasteiger partial charge >= 0.3 is 0 Å².